The Morgan fingerprint density at radius 1 is 1.64 bits per heavy atom. The maximum absolute atomic E-state index is 4.40. The largest absolute Gasteiger partial charge is 0.302 e. The lowest BCUT2D eigenvalue weighted by molar-refractivity contribution is 0.535. The third-order valence-electron chi connectivity index (χ3n) is 2.16. The van der Waals surface area contributed by atoms with Gasteiger partial charge in [-0.15, -0.1) is 17.9 Å². The second kappa shape index (κ2) is 5.27. The Morgan fingerprint density at radius 2 is 2.36 bits per heavy atom. The highest BCUT2D eigenvalue weighted by Crippen LogP contribution is 2.20. The number of thiazole rings is 1. The summed E-state index contributed by atoms with van der Waals surface area (Å²) >= 11 is 1.79. The molecule has 0 aliphatic rings. The molecule has 0 bridgehead atoms. The molecule has 1 N–H and O–H groups in total. The van der Waals surface area contributed by atoms with Gasteiger partial charge in [0.2, 0.25) is 0 Å². The van der Waals surface area contributed by atoms with E-state index in [1.54, 1.807) is 11.3 Å². The van der Waals surface area contributed by atoms with Crippen LogP contribution in [0.3, 0.4) is 0 Å². The van der Waals surface area contributed by atoms with Crippen LogP contribution in [0.4, 0.5) is 0 Å². The molecule has 0 saturated heterocycles. The molecular weight excluding hydrogens is 192 g/mol. The smallest absolute Gasteiger partial charge is 0.109 e. The molecule has 0 aromatic carbocycles. The first-order valence-electron chi connectivity index (χ1n) is 5.00. The molecule has 2 unspecified atom stereocenters. The average molecular weight is 210 g/mol. The summed E-state index contributed by atoms with van der Waals surface area (Å²) in [5, 5.41) is 4.58. The van der Waals surface area contributed by atoms with E-state index in [4.69, 9.17) is 0 Å². The Bertz CT molecular complexity index is 293. The average Bonchev–Trinajstić information content (AvgIpc) is 2.65. The maximum atomic E-state index is 4.40. The third kappa shape index (κ3) is 2.93. The summed E-state index contributed by atoms with van der Waals surface area (Å²) < 4.78 is 0. The van der Waals surface area contributed by atoms with Crippen molar-refractivity contribution in [3.8, 4) is 0 Å². The van der Waals surface area contributed by atoms with E-state index in [0.29, 0.717) is 12.1 Å². The van der Waals surface area contributed by atoms with E-state index < -0.39 is 0 Å². The predicted molar refractivity (Wildman–Crippen MR) is 62.7 cm³/mol. The molecule has 3 heteroatoms. The van der Waals surface area contributed by atoms with Gasteiger partial charge in [0.25, 0.3) is 0 Å². The minimum Gasteiger partial charge on any atom is -0.302 e. The molecule has 2 nitrogen and oxygen atoms in total. The first-order chi connectivity index (χ1) is 6.67. The van der Waals surface area contributed by atoms with Crippen LogP contribution >= 0.6 is 11.3 Å². The first kappa shape index (κ1) is 11.4. The fourth-order valence-electron chi connectivity index (χ4n) is 1.22. The highest BCUT2D eigenvalue weighted by molar-refractivity contribution is 7.11. The van der Waals surface area contributed by atoms with Gasteiger partial charge in [-0.3, -0.25) is 0 Å². The fourth-order valence-corrected chi connectivity index (χ4v) is 2.09. The zero-order valence-electron chi connectivity index (χ0n) is 9.08. The molecule has 1 rings (SSSR count). The van der Waals surface area contributed by atoms with Crippen LogP contribution in [0.25, 0.3) is 0 Å². The van der Waals surface area contributed by atoms with Gasteiger partial charge in [0.05, 0.1) is 6.04 Å². The SMILES string of the molecule is C=CC(C)NC(C)c1ncc(CC)s1. The summed E-state index contributed by atoms with van der Waals surface area (Å²) in [4.78, 5) is 5.74. The molecule has 78 valence electrons. The molecule has 1 aromatic rings. The first-order valence-corrected chi connectivity index (χ1v) is 5.82. The highest BCUT2D eigenvalue weighted by atomic mass is 32.1. The van der Waals surface area contributed by atoms with Crippen LogP contribution in [0.2, 0.25) is 0 Å². The van der Waals surface area contributed by atoms with Crippen molar-refractivity contribution in [2.24, 2.45) is 0 Å². The van der Waals surface area contributed by atoms with Gasteiger partial charge in [0, 0.05) is 17.1 Å². The van der Waals surface area contributed by atoms with Crippen molar-refractivity contribution in [3.05, 3.63) is 28.7 Å². The zero-order chi connectivity index (χ0) is 10.6. The standard InChI is InChI=1S/C11H18N2S/c1-5-8(3)13-9(4)11-12-7-10(6-2)14-11/h5,7-9,13H,1,6H2,2-4H3. The number of aromatic nitrogens is 1. The second-order valence-corrected chi connectivity index (χ2v) is 4.58. The molecule has 1 aromatic heterocycles. The third-order valence-corrected chi connectivity index (χ3v) is 3.48. The fraction of sp³-hybridized carbons (Fsp3) is 0.545. The van der Waals surface area contributed by atoms with Crippen molar-refractivity contribution in [1.29, 1.82) is 0 Å². The van der Waals surface area contributed by atoms with Crippen LogP contribution in [0.5, 0.6) is 0 Å². The number of hydrogen-bond acceptors (Lipinski definition) is 3. The summed E-state index contributed by atoms with van der Waals surface area (Å²) in [7, 11) is 0. The van der Waals surface area contributed by atoms with Crippen LogP contribution < -0.4 is 5.32 Å². The Kier molecular flexibility index (Phi) is 4.29. The summed E-state index contributed by atoms with van der Waals surface area (Å²) in [6.45, 7) is 10.1. The Hall–Kier alpha value is -0.670. The summed E-state index contributed by atoms with van der Waals surface area (Å²) in [6.07, 6.45) is 4.95. The normalized spacial score (nSPS) is 15.1. The van der Waals surface area contributed by atoms with Gasteiger partial charge in [0.15, 0.2) is 0 Å². The van der Waals surface area contributed by atoms with Crippen LogP contribution in [0.15, 0.2) is 18.9 Å². The zero-order valence-corrected chi connectivity index (χ0v) is 9.90. The lowest BCUT2D eigenvalue weighted by Gasteiger charge is -2.14. The lowest BCUT2D eigenvalue weighted by atomic mass is 10.2. The van der Waals surface area contributed by atoms with Crippen LogP contribution in [-0.4, -0.2) is 11.0 Å². The number of hydrogen-bond donors (Lipinski definition) is 1. The maximum Gasteiger partial charge on any atom is 0.109 e. The summed E-state index contributed by atoms with van der Waals surface area (Å²) in [6, 6.07) is 0.646. The van der Waals surface area contributed by atoms with E-state index in [9.17, 15) is 0 Å². The highest BCUT2D eigenvalue weighted by Gasteiger charge is 2.10. The molecule has 0 aliphatic heterocycles. The number of nitrogens with zero attached hydrogens (tertiary/aromatic N) is 1. The second-order valence-electron chi connectivity index (χ2n) is 3.43. The Labute approximate surface area is 90.1 Å². The summed E-state index contributed by atoms with van der Waals surface area (Å²) in [5.41, 5.74) is 0. The molecule has 0 radical (unpaired) electrons. The Morgan fingerprint density at radius 3 is 2.86 bits per heavy atom. The van der Waals surface area contributed by atoms with Crippen molar-refractivity contribution in [2.45, 2.75) is 39.3 Å². The monoisotopic (exact) mass is 210 g/mol. The molecule has 0 aliphatic carbocycles. The topological polar surface area (TPSA) is 24.9 Å². The van der Waals surface area contributed by atoms with Crippen molar-refractivity contribution in [1.82, 2.24) is 10.3 Å². The van der Waals surface area contributed by atoms with Gasteiger partial charge in [-0.05, 0) is 20.3 Å². The van der Waals surface area contributed by atoms with Gasteiger partial charge < -0.3 is 5.32 Å². The number of aryl methyl sites for hydroxylation is 1. The van der Waals surface area contributed by atoms with Gasteiger partial charge in [0.1, 0.15) is 5.01 Å². The van der Waals surface area contributed by atoms with E-state index in [-0.39, 0.29) is 0 Å². The van der Waals surface area contributed by atoms with Crippen LogP contribution in [0, 0.1) is 0 Å². The van der Waals surface area contributed by atoms with Gasteiger partial charge in [-0.1, -0.05) is 13.0 Å². The van der Waals surface area contributed by atoms with E-state index in [1.165, 1.54) is 4.88 Å². The van der Waals surface area contributed by atoms with Crippen molar-refractivity contribution in [2.75, 3.05) is 0 Å². The van der Waals surface area contributed by atoms with Crippen LogP contribution in [-0.2, 0) is 6.42 Å². The van der Waals surface area contributed by atoms with E-state index >= 15 is 0 Å². The van der Waals surface area contributed by atoms with Crippen molar-refractivity contribution < 1.29 is 0 Å². The van der Waals surface area contributed by atoms with Gasteiger partial charge in [-0.2, -0.15) is 0 Å². The predicted octanol–water partition coefficient (Wildman–Crippen LogP) is 2.93. The van der Waals surface area contributed by atoms with Gasteiger partial charge >= 0.3 is 0 Å². The minimum atomic E-state index is 0.313. The van der Waals surface area contributed by atoms with Gasteiger partial charge in [-0.25, -0.2) is 4.98 Å². The minimum absolute atomic E-state index is 0.313. The molecule has 14 heavy (non-hydrogen) atoms. The Balaban J connectivity index is 2.59. The van der Waals surface area contributed by atoms with E-state index in [2.05, 4.69) is 37.7 Å². The van der Waals surface area contributed by atoms with E-state index in [1.807, 2.05) is 12.3 Å². The van der Waals surface area contributed by atoms with Crippen LogP contribution in [0.1, 0.15) is 36.7 Å². The van der Waals surface area contributed by atoms with E-state index in [0.717, 1.165) is 11.4 Å². The quantitative estimate of drug-likeness (QED) is 0.756. The molecule has 0 amide bonds. The van der Waals surface area contributed by atoms with Crippen molar-refractivity contribution >= 4 is 11.3 Å². The molecule has 0 fully saturated rings. The molecule has 0 saturated carbocycles. The molecule has 2 atom stereocenters. The number of nitrogens with one attached hydrogen (secondary N) is 1. The number of rotatable bonds is 5. The lowest BCUT2D eigenvalue weighted by Crippen LogP contribution is -2.26. The molecular formula is C11H18N2S. The summed E-state index contributed by atoms with van der Waals surface area (Å²) in [5.74, 6) is 0. The van der Waals surface area contributed by atoms with Crippen molar-refractivity contribution in [3.63, 3.8) is 0 Å². The molecule has 0 spiro atoms. The molecule has 1 heterocycles.